The number of amides is 1. The van der Waals surface area contributed by atoms with Gasteiger partial charge in [0.1, 0.15) is 0 Å². The van der Waals surface area contributed by atoms with Gasteiger partial charge >= 0.3 is 0 Å². The fourth-order valence-electron chi connectivity index (χ4n) is 1.52. The minimum absolute atomic E-state index is 0.0389. The normalized spacial score (nSPS) is 13.5. The zero-order valence-corrected chi connectivity index (χ0v) is 8.99. The molecule has 1 N–H and O–H groups in total. The Labute approximate surface area is 92.4 Å². The monoisotopic (exact) mass is 221 g/mol. The number of carbonyl (C=O) groups excluding carboxylic acids is 2. The summed E-state index contributed by atoms with van der Waals surface area (Å²) in [6.45, 7) is 1.41. The summed E-state index contributed by atoms with van der Waals surface area (Å²) in [6, 6.07) is 3.18. The van der Waals surface area contributed by atoms with Crippen molar-refractivity contribution in [3.63, 3.8) is 0 Å². The van der Waals surface area contributed by atoms with Crippen molar-refractivity contribution in [3.8, 4) is 11.5 Å². The van der Waals surface area contributed by atoms with Crippen molar-refractivity contribution in [2.24, 2.45) is 0 Å². The molecule has 1 aliphatic heterocycles. The average molecular weight is 221 g/mol. The van der Waals surface area contributed by atoms with Crippen molar-refractivity contribution < 1.29 is 19.1 Å². The topological polar surface area (TPSA) is 64.6 Å². The lowest BCUT2D eigenvalue weighted by atomic mass is 10.1. The summed E-state index contributed by atoms with van der Waals surface area (Å²) < 4.78 is 10.4. The van der Waals surface area contributed by atoms with E-state index in [1.807, 2.05) is 0 Å². The van der Waals surface area contributed by atoms with Crippen LogP contribution in [0.2, 0.25) is 0 Å². The number of hydrogen-bond acceptors (Lipinski definition) is 4. The maximum atomic E-state index is 11.3. The number of ketones is 1. The number of fused-ring (bicyclic) bond motifs is 1. The molecule has 0 saturated carbocycles. The van der Waals surface area contributed by atoms with E-state index in [2.05, 4.69) is 5.32 Å². The van der Waals surface area contributed by atoms with E-state index in [9.17, 15) is 9.59 Å². The van der Waals surface area contributed by atoms with Crippen molar-refractivity contribution in [2.45, 2.75) is 6.92 Å². The Morgan fingerprint density at radius 2 is 2.25 bits per heavy atom. The standard InChI is InChI=1S/C11H11NO4/c1-6(13)7-3-8-11(9(4-7)15-2)16-5-10(14)12-8/h3-4H,5H2,1-2H3,(H,12,14). The molecule has 1 heterocycles. The van der Waals surface area contributed by atoms with Crippen molar-refractivity contribution in [1.29, 1.82) is 0 Å². The van der Waals surface area contributed by atoms with Crippen LogP contribution in [0.4, 0.5) is 5.69 Å². The minimum atomic E-state index is -0.241. The number of nitrogens with one attached hydrogen (secondary N) is 1. The molecule has 0 radical (unpaired) electrons. The SMILES string of the molecule is COc1cc(C(C)=O)cc2c1OCC(=O)N2. The summed E-state index contributed by atoms with van der Waals surface area (Å²) in [7, 11) is 1.49. The lowest BCUT2D eigenvalue weighted by molar-refractivity contribution is -0.118. The molecule has 0 unspecified atom stereocenters. The third-order valence-electron chi connectivity index (χ3n) is 2.30. The molecule has 1 aromatic carbocycles. The first-order valence-electron chi connectivity index (χ1n) is 4.77. The highest BCUT2D eigenvalue weighted by atomic mass is 16.5. The van der Waals surface area contributed by atoms with Gasteiger partial charge < -0.3 is 14.8 Å². The molecule has 0 bridgehead atoms. The van der Waals surface area contributed by atoms with Gasteiger partial charge in [-0.25, -0.2) is 0 Å². The molecular formula is C11H11NO4. The van der Waals surface area contributed by atoms with E-state index in [0.717, 1.165) is 0 Å². The number of ether oxygens (including phenoxy) is 2. The van der Waals surface area contributed by atoms with Gasteiger partial charge in [0, 0.05) is 5.56 Å². The van der Waals surface area contributed by atoms with Crippen molar-refractivity contribution >= 4 is 17.4 Å². The van der Waals surface area contributed by atoms with Crippen LogP contribution in [-0.2, 0) is 4.79 Å². The Bertz CT molecular complexity index is 467. The number of carbonyl (C=O) groups is 2. The van der Waals surface area contributed by atoms with Crippen LogP contribution in [0.1, 0.15) is 17.3 Å². The van der Waals surface area contributed by atoms with E-state index in [1.54, 1.807) is 12.1 Å². The maximum Gasteiger partial charge on any atom is 0.262 e. The zero-order chi connectivity index (χ0) is 11.7. The van der Waals surface area contributed by atoms with Gasteiger partial charge in [-0.2, -0.15) is 0 Å². The van der Waals surface area contributed by atoms with Crippen LogP contribution in [0, 0.1) is 0 Å². The van der Waals surface area contributed by atoms with Crippen LogP contribution in [-0.4, -0.2) is 25.4 Å². The third-order valence-corrected chi connectivity index (χ3v) is 2.30. The first-order chi connectivity index (χ1) is 7.61. The second-order valence-electron chi connectivity index (χ2n) is 3.45. The number of benzene rings is 1. The molecule has 1 amide bonds. The van der Waals surface area contributed by atoms with E-state index in [-0.39, 0.29) is 18.3 Å². The van der Waals surface area contributed by atoms with Crippen molar-refractivity contribution in [2.75, 3.05) is 19.0 Å². The third kappa shape index (κ3) is 1.71. The smallest absolute Gasteiger partial charge is 0.262 e. The Morgan fingerprint density at radius 3 is 2.88 bits per heavy atom. The average Bonchev–Trinajstić information content (AvgIpc) is 2.26. The molecule has 2 rings (SSSR count). The van der Waals surface area contributed by atoms with Crippen molar-refractivity contribution in [1.82, 2.24) is 0 Å². The molecule has 5 nitrogen and oxygen atoms in total. The van der Waals surface area contributed by atoms with Gasteiger partial charge in [0.25, 0.3) is 5.91 Å². The van der Waals surface area contributed by atoms with Gasteiger partial charge in [0.05, 0.1) is 12.8 Å². The maximum absolute atomic E-state index is 11.3. The molecule has 5 heteroatoms. The summed E-state index contributed by atoms with van der Waals surface area (Å²) in [6.07, 6.45) is 0. The molecule has 1 aromatic rings. The molecule has 0 atom stereocenters. The van der Waals surface area contributed by atoms with Crippen LogP contribution in [0.5, 0.6) is 11.5 Å². The first kappa shape index (κ1) is 10.5. The van der Waals surface area contributed by atoms with Crippen LogP contribution in [0.25, 0.3) is 0 Å². The fourth-order valence-corrected chi connectivity index (χ4v) is 1.52. The molecule has 1 aliphatic rings. The number of anilines is 1. The molecular weight excluding hydrogens is 210 g/mol. The largest absolute Gasteiger partial charge is 0.493 e. The quantitative estimate of drug-likeness (QED) is 0.763. The second-order valence-corrected chi connectivity index (χ2v) is 3.45. The Kier molecular flexibility index (Phi) is 2.52. The minimum Gasteiger partial charge on any atom is -0.493 e. The highest BCUT2D eigenvalue weighted by Crippen LogP contribution is 2.38. The number of hydrogen-bond donors (Lipinski definition) is 1. The molecule has 0 aliphatic carbocycles. The van der Waals surface area contributed by atoms with Crippen LogP contribution in [0.3, 0.4) is 0 Å². The van der Waals surface area contributed by atoms with Crippen LogP contribution >= 0.6 is 0 Å². The van der Waals surface area contributed by atoms with Crippen LogP contribution < -0.4 is 14.8 Å². The Balaban J connectivity index is 2.54. The molecule has 84 valence electrons. The van der Waals surface area contributed by atoms with Crippen molar-refractivity contribution in [3.05, 3.63) is 17.7 Å². The summed E-state index contributed by atoms with van der Waals surface area (Å²) in [5.41, 5.74) is 0.946. The molecule has 16 heavy (non-hydrogen) atoms. The van der Waals surface area contributed by atoms with Gasteiger partial charge in [0.15, 0.2) is 23.9 Å². The van der Waals surface area contributed by atoms with E-state index >= 15 is 0 Å². The van der Waals surface area contributed by atoms with E-state index in [4.69, 9.17) is 9.47 Å². The molecule has 0 fully saturated rings. The highest BCUT2D eigenvalue weighted by Gasteiger charge is 2.21. The summed E-state index contributed by atoms with van der Waals surface area (Å²) in [5, 5.41) is 2.63. The second kappa shape index (κ2) is 3.84. The summed E-state index contributed by atoms with van der Waals surface area (Å²) in [4.78, 5) is 22.4. The number of rotatable bonds is 2. The zero-order valence-electron chi connectivity index (χ0n) is 8.99. The van der Waals surface area contributed by atoms with Gasteiger partial charge in [0.2, 0.25) is 0 Å². The van der Waals surface area contributed by atoms with Gasteiger partial charge in [-0.3, -0.25) is 9.59 Å². The highest BCUT2D eigenvalue weighted by molar-refractivity contribution is 6.00. The lowest BCUT2D eigenvalue weighted by Gasteiger charge is -2.20. The van der Waals surface area contributed by atoms with E-state index in [0.29, 0.717) is 22.7 Å². The molecule has 0 aromatic heterocycles. The molecule has 0 saturated heterocycles. The predicted octanol–water partition coefficient (Wildman–Crippen LogP) is 1.23. The van der Waals surface area contributed by atoms with E-state index < -0.39 is 0 Å². The first-order valence-corrected chi connectivity index (χ1v) is 4.77. The number of methoxy groups -OCH3 is 1. The van der Waals surface area contributed by atoms with Gasteiger partial charge in [-0.1, -0.05) is 0 Å². The van der Waals surface area contributed by atoms with Crippen LogP contribution in [0.15, 0.2) is 12.1 Å². The van der Waals surface area contributed by atoms with Gasteiger partial charge in [-0.05, 0) is 19.1 Å². The lowest BCUT2D eigenvalue weighted by Crippen LogP contribution is -2.25. The Morgan fingerprint density at radius 1 is 1.50 bits per heavy atom. The van der Waals surface area contributed by atoms with Gasteiger partial charge in [-0.15, -0.1) is 0 Å². The predicted molar refractivity (Wildman–Crippen MR) is 57.1 cm³/mol. The number of Topliss-reactive ketones (excluding diaryl/α,β-unsaturated/α-hetero) is 1. The summed E-state index contributed by atoms with van der Waals surface area (Å²) >= 11 is 0. The fraction of sp³-hybridized carbons (Fsp3) is 0.273. The Hall–Kier alpha value is -2.04. The van der Waals surface area contributed by atoms with E-state index in [1.165, 1.54) is 14.0 Å². The summed E-state index contributed by atoms with van der Waals surface area (Å²) in [5.74, 6) is 0.575. The molecule has 0 spiro atoms.